The molecule has 0 aromatic heterocycles. The number of nitrogens with zero attached hydrogens (tertiary/aromatic N) is 4. The number of hydrogen-bond acceptors (Lipinski definition) is 10. The predicted octanol–water partition coefficient (Wildman–Crippen LogP) is 6.70. The third kappa shape index (κ3) is 28.0. The van der Waals surface area contributed by atoms with Crippen molar-refractivity contribution in [2.75, 3.05) is 58.2 Å². The van der Waals surface area contributed by atoms with Crippen molar-refractivity contribution in [1.29, 1.82) is 5.41 Å². The molecule has 2 aromatic rings. The highest BCUT2D eigenvalue weighted by Crippen LogP contribution is 2.18. The van der Waals surface area contributed by atoms with Gasteiger partial charge in [-0.25, -0.2) is 0 Å². The van der Waals surface area contributed by atoms with E-state index in [2.05, 4.69) is 56.3 Å². The van der Waals surface area contributed by atoms with Crippen LogP contribution in [0.5, 0.6) is 11.5 Å². The quantitative estimate of drug-likeness (QED) is 0.0792. The van der Waals surface area contributed by atoms with Crippen LogP contribution in [0.4, 0.5) is 11.4 Å². The number of likely N-dealkylation sites (N-methyl/N-ethyl adjacent to an activating group) is 2. The SMILES string of the molecule is CC(COc1ccc(N=C=S)cc1)N(C)C.CCSC(=N)N.CCSC(N)=NC(=S)Nc1ccc(OCC(C)N(C)C)cc1.Cl.P.P. The number of hydrogen-bond donors (Lipinski definition) is 4. The number of amidine groups is 2. The molecular formula is C30H55ClN8O2P2S4. The van der Waals surface area contributed by atoms with Gasteiger partial charge in [0.25, 0.3) is 0 Å². The van der Waals surface area contributed by atoms with Crippen molar-refractivity contribution in [1.82, 2.24) is 9.80 Å². The Bertz CT molecular complexity index is 1190. The molecule has 17 heteroatoms. The van der Waals surface area contributed by atoms with Crippen LogP contribution in [0.1, 0.15) is 27.7 Å². The summed E-state index contributed by atoms with van der Waals surface area (Å²) in [6.07, 6.45) is 0. The molecule has 10 nitrogen and oxygen atoms in total. The summed E-state index contributed by atoms with van der Waals surface area (Å²) in [5.41, 5.74) is 12.3. The molecule has 0 bridgehead atoms. The fourth-order valence-corrected chi connectivity index (χ4v) is 3.77. The molecule has 0 heterocycles. The fraction of sp³-hybridized carbons (Fsp3) is 0.467. The van der Waals surface area contributed by atoms with Gasteiger partial charge in [0.1, 0.15) is 24.7 Å². The minimum Gasteiger partial charge on any atom is -0.492 e. The summed E-state index contributed by atoms with van der Waals surface area (Å²) in [6.45, 7) is 9.53. The molecule has 0 aliphatic heterocycles. The fourth-order valence-electron chi connectivity index (χ4n) is 2.62. The number of aliphatic imine (C=N–C) groups is 2. The Kier molecular flexibility index (Phi) is 35.2. The molecule has 0 amide bonds. The molecule has 2 aromatic carbocycles. The Hall–Kier alpha value is -1.56. The van der Waals surface area contributed by atoms with Crippen LogP contribution < -0.4 is 26.3 Å². The summed E-state index contributed by atoms with van der Waals surface area (Å²) in [5.74, 6) is 3.44. The average Bonchev–Trinajstić information content (AvgIpc) is 2.96. The van der Waals surface area contributed by atoms with Crippen LogP contribution in [0, 0.1) is 5.41 Å². The minimum atomic E-state index is 0. The highest BCUT2D eigenvalue weighted by atomic mass is 35.5. The maximum atomic E-state index is 6.64. The zero-order valence-corrected chi connectivity index (χ0v) is 35.7. The molecule has 0 saturated carbocycles. The number of thioether (sulfide) groups is 2. The van der Waals surface area contributed by atoms with E-state index < -0.39 is 0 Å². The standard InChI is InChI=1S/C15H24N4OS2.C12H16N2OS.C3H8N2S.ClH.2H3P/c1-5-22-14(16)18-15(21)17-12-6-8-13(9-7-12)20-10-11(2)19(3)4;1-10(14(2)3)8-15-12-6-4-11(5-7-12)13-9-16;1-2-6-3(4)5;;;/h6-9,11H,5,10H2,1-4H3,(H3,16,17,18,21);4-7,10H,8H2,1-3H3;2H2,1H3,(H3,4,5);1H;2*1H3. The topological polar surface area (TPSA) is 138 Å². The van der Waals surface area contributed by atoms with Crippen molar-refractivity contribution < 1.29 is 9.47 Å². The van der Waals surface area contributed by atoms with E-state index in [0.717, 1.165) is 34.4 Å². The van der Waals surface area contributed by atoms with Crippen LogP contribution in [0.25, 0.3) is 0 Å². The lowest BCUT2D eigenvalue weighted by Gasteiger charge is -2.20. The van der Waals surface area contributed by atoms with Gasteiger partial charge in [-0.2, -0.15) is 29.8 Å². The second kappa shape index (κ2) is 31.7. The normalized spacial score (nSPS) is 11.2. The number of rotatable bonds is 12. The first-order chi connectivity index (χ1) is 20.8. The van der Waals surface area contributed by atoms with Gasteiger partial charge in [0.15, 0.2) is 15.4 Å². The second-order valence-electron chi connectivity index (χ2n) is 9.58. The number of benzene rings is 2. The van der Waals surface area contributed by atoms with Gasteiger partial charge >= 0.3 is 0 Å². The summed E-state index contributed by atoms with van der Waals surface area (Å²) in [4.78, 5) is 12.2. The lowest BCUT2D eigenvalue weighted by molar-refractivity contribution is 0.198. The monoisotopic (exact) mass is 784 g/mol. The molecule has 0 radical (unpaired) electrons. The van der Waals surface area contributed by atoms with E-state index in [-0.39, 0.29) is 37.4 Å². The van der Waals surface area contributed by atoms with Gasteiger partial charge in [-0.1, -0.05) is 37.4 Å². The van der Waals surface area contributed by atoms with Crippen LogP contribution in [0.3, 0.4) is 0 Å². The van der Waals surface area contributed by atoms with Gasteiger partial charge in [0.05, 0.1) is 10.8 Å². The van der Waals surface area contributed by atoms with E-state index in [9.17, 15) is 0 Å². The van der Waals surface area contributed by atoms with Gasteiger partial charge in [-0.05, 0) is 127 Å². The van der Waals surface area contributed by atoms with Crippen molar-refractivity contribution in [3.63, 3.8) is 0 Å². The Balaban J connectivity index is -0.000000326. The van der Waals surface area contributed by atoms with Crippen LogP contribution in [-0.4, -0.2) is 95.4 Å². The zero-order chi connectivity index (χ0) is 33.5. The third-order valence-corrected chi connectivity index (χ3v) is 7.23. The lowest BCUT2D eigenvalue weighted by Crippen LogP contribution is -2.30. The van der Waals surface area contributed by atoms with Crippen molar-refractivity contribution in [2.45, 2.75) is 39.8 Å². The molecule has 47 heavy (non-hydrogen) atoms. The number of nitrogens with two attached hydrogens (primary N) is 2. The second-order valence-corrected chi connectivity index (χ2v) is 12.7. The van der Waals surface area contributed by atoms with E-state index in [1.807, 2.05) is 90.6 Å². The van der Waals surface area contributed by atoms with Crippen molar-refractivity contribution in [3.8, 4) is 11.5 Å². The predicted molar refractivity (Wildman–Crippen MR) is 230 cm³/mol. The number of isothiocyanates is 1. The first-order valence-electron chi connectivity index (χ1n) is 13.9. The summed E-state index contributed by atoms with van der Waals surface area (Å²) >= 11 is 12.5. The van der Waals surface area contributed by atoms with Gasteiger partial charge in [-0.3, -0.25) is 5.41 Å². The van der Waals surface area contributed by atoms with Gasteiger partial charge in [0.2, 0.25) is 0 Å². The summed E-state index contributed by atoms with van der Waals surface area (Å²) in [5, 5.41) is 13.0. The molecule has 0 spiro atoms. The summed E-state index contributed by atoms with van der Waals surface area (Å²) < 4.78 is 11.4. The first kappa shape index (κ1) is 52.3. The van der Waals surface area contributed by atoms with Gasteiger partial charge < -0.3 is 36.1 Å². The van der Waals surface area contributed by atoms with E-state index in [1.54, 1.807) is 0 Å². The van der Waals surface area contributed by atoms with Crippen LogP contribution in [0.15, 0.2) is 58.5 Å². The van der Waals surface area contributed by atoms with E-state index in [4.69, 9.17) is 38.6 Å². The Morgan fingerprint density at radius 1 is 0.872 bits per heavy atom. The molecule has 0 fully saturated rings. The van der Waals surface area contributed by atoms with Crippen LogP contribution >= 0.6 is 80.2 Å². The summed E-state index contributed by atoms with van der Waals surface area (Å²) in [7, 11) is 8.13. The number of nitrogens with one attached hydrogen (secondary N) is 2. The third-order valence-electron chi connectivity index (χ3n) is 5.67. The van der Waals surface area contributed by atoms with Gasteiger partial charge in [0, 0.05) is 17.8 Å². The van der Waals surface area contributed by atoms with Crippen molar-refractivity contribution in [2.24, 2.45) is 21.5 Å². The van der Waals surface area contributed by atoms with Gasteiger partial charge in [-0.15, -0.1) is 12.4 Å². The summed E-state index contributed by atoms with van der Waals surface area (Å²) in [6, 6.07) is 15.8. The Morgan fingerprint density at radius 2 is 1.30 bits per heavy atom. The molecule has 0 aliphatic rings. The molecule has 6 N–H and O–H groups in total. The molecule has 4 atom stereocenters. The lowest BCUT2D eigenvalue weighted by atomic mass is 10.3. The first-order valence-corrected chi connectivity index (χ1v) is 16.7. The van der Waals surface area contributed by atoms with Crippen molar-refractivity contribution in [3.05, 3.63) is 48.5 Å². The van der Waals surface area contributed by atoms with Crippen molar-refractivity contribution >= 4 is 112 Å². The largest absolute Gasteiger partial charge is 0.492 e. The molecule has 268 valence electrons. The van der Waals surface area contributed by atoms with E-state index >= 15 is 0 Å². The Morgan fingerprint density at radius 3 is 1.64 bits per heavy atom. The maximum absolute atomic E-state index is 6.64. The molecule has 0 aliphatic carbocycles. The highest BCUT2D eigenvalue weighted by Gasteiger charge is 2.06. The highest BCUT2D eigenvalue weighted by molar-refractivity contribution is 8.14. The molecule has 4 unspecified atom stereocenters. The number of anilines is 1. The maximum Gasteiger partial charge on any atom is 0.199 e. The van der Waals surface area contributed by atoms with E-state index in [1.165, 1.54) is 23.5 Å². The molecular weight excluding hydrogens is 730 g/mol. The number of ether oxygens (including phenoxy) is 2. The molecule has 2 rings (SSSR count). The molecule has 0 saturated heterocycles. The number of halogens is 1. The smallest absolute Gasteiger partial charge is 0.199 e. The zero-order valence-electron chi connectivity index (χ0n) is 28.8. The minimum absolute atomic E-state index is 0. The average molecular weight is 785 g/mol. The Labute approximate surface area is 314 Å². The number of thiocarbonyl (C=S) groups is 2. The van der Waals surface area contributed by atoms with Crippen LogP contribution in [-0.2, 0) is 0 Å². The van der Waals surface area contributed by atoms with Crippen LogP contribution in [0.2, 0.25) is 0 Å². The van der Waals surface area contributed by atoms with E-state index in [0.29, 0.717) is 35.6 Å².